The molecule has 0 fully saturated rings. The van der Waals surface area contributed by atoms with Gasteiger partial charge in [0.1, 0.15) is 18.6 Å². The van der Waals surface area contributed by atoms with E-state index < -0.39 is 48.2 Å². The van der Waals surface area contributed by atoms with Gasteiger partial charge < -0.3 is 37.1 Å². The predicted molar refractivity (Wildman–Crippen MR) is 139 cm³/mol. The molecule has 1 aromatic heterocycles. The molecular formula is C26H30N6O6. The standard InChI is InChI=1S/C26H30N6O6/c27-12-22(33)29-14-23(34)31-21(11-17-13-28-19-9-5-4-8-18(17)19)26(38)32-20(25(37)30-15-24(35)36)10-16-6-2-1-3-7-16/h1-9,13,20-21,28H,10-12,14-15,27H2,(H,29,33)(H,30,37)(H,31,34)(H,32,38)(H,35,36)/t20-,21-/m0/s1. The summed E-state index contributed by atoms with van der Waals surface area (Å²) >= 11 is 0. The first-order valence-corrected chi connectivity index (χ1v) is 11.9. The molecular weight excluding hydrogens is 492 g/mol. The first-order valence-electron chi connectivity index (χ1n) is 11.9. The summed E-state index contributed by atoms with van der Waals surface area (Å²) in [4.78, 5) is 64.3. The van der Waals surface area contributed by atoms with Gasteiger partial charge in [0.05, 0.1) is 13.1 Å². The molecule has 0 aliphatic heterocycles. The van der Waals surface area contributed by atoms with Gasteiger partial charge >= 0.3 is 5.97 Å². The highest BCUT2D eigenvalue weighted by atomic mass is 16.4. The van der Waals surface area contributed by atoms with Crippen LogP contribution in [0.3, 0.4) is 0 Å². The minimum atomic E-state index is -1.23. The van der Waals surface area contributed by atoms with Gasteiger partial charge in [-0.1, -0.05) is 48.5 Å². The van der Waals surface area contributed by atoms with Crippen LogP contribution in [-0.2, 0) is 36.8 Å². The Kier molecular flexibility index (Phi) is 9.94. The summed E-state index contributed by atoms with van der Waals surface area (Å²) in [5.41, 5.74) is 7.59. The van der Waals surface area contributed by atoms with Crippen molar-refractivity contribution in [3.05, 3.63) is 71.9 Å². The van der Waals surface area contributed by atoms with Crippen molar-refractivity contribution in [3.8, 4) is 0 Å². The number of carboxylic acid groups (broad SMARTS) is 1. The normalized spacial score (nSPS) is 12.2. The number of carboxylic acids is 1. The van der Waals surface area contributed by atoms with Crippen molar-refractivity contribution < 1.29 is 29.1 Å². The lowest BCUT2D eigenvalue weighted by Gasteiger charge is -2.23. The Labute approximate surface area is 218 Å². The van der Waals surface area contributed by atoms with Gasteiger partial charge in [0.15, 0.2) is 0 Å². The maximum Gasteiger partial charge on any atom is 0.322 e. The number of carbonyl (C=O) groups excluding carboxylic acids is 4. The SMILES string of the molecule is NCC(=O)NCC(=O)N[C@@H](Cc1c[nH]c2ccccc12)C(=O)N[C@@H](Cc1ccccc1)C(=O)NCC(=O)O. The summed E-state index contributed by atoms with van der Waals surface area (Å²) in [5.74, 6) is -3.72. The van der Waals surface area contributed by atoms with Crippen molar-refractivity contribution in [2.75, 3.05) is 19.6 Å². The molecule has 200 valence electrons. The summed E-state index contributed by atoms with van der Waals surface area (Å²) in [5, 5.41) is 19.7. The highest BCUT2D eigenvalue weighted by molar-refractivity contribution is 5.94. The smallest absolute Gasteiger partial charge is 0.322 e. The van der Waals surface area contributed by atoms with Crippen molar-refractivity contribution in [1.82, 2.24) is 26.3 Å². The van der Waals surface area contributed by atoms with E-state index >= 15 is 0 Å². The monoisotopic (exact) mass is 522 g/mol. The van der Waals surface area contributed by atoms with Crippen LogP contribution in [0, 0.1) is 0 Å². The molecule has 1 heterocycles. The van der Waals surface area contributed by atoms with Crippen molar-refractivity contribution in [1.29, 1.82) is 0 Å². The van der Waals surface area contributed by atoms with Crippen LogP contribution in [0.4, 0.5) is 0 Å². The van der Waals surface area contributed by atoms with E-state index in [9.17, 15) is 24.0 Å². The van der Waals surface area contributed by atoms with Gasteiger partial charge in [-0.05, 0) is 17.2 Å². The molecule has 0 aliphatic rings. The number of nitrogens with one attached hydrogen (secondary N) is 5. The molecule has 3 rings (SSSR count). The number of carbonyl (C=O) groups is 5. The van der Waals surface area contributed by atoms with Crippen LogP contribution in [0.25, 0.3) is 10.9 Å². The van der Waals surface area contributed by atoms with Gasteiger partial charge in [-0.15, -0.1) is 0 Å². The average molecular weight is 523 g/mol. The minimum Gasteiger partial charge on any atom is -0.480 e. The van der Waals surface area contributed by atoms with Crippen LogP contribution < -0.4 is 27.0 Å². The zero-order chi connectivity index (χ0) is 27.5. The van der Waals surface area contributed by atoms with E-state index in [4.69, 9.17) is 10.8 Å². The summed E-state index contributed by atoms with van der Waals surface area (Å²) in [7, 11) is 0. The summed E-state index contributed by atoms with van der Waals surface area (Å²) in [6.45, 7) is -1.30. The van der Waals surface area contributed by atoms with E-state index in [1.807, 2.05) is 24.3 Å². The lowest BCUT2D eigenvalue weighted by atomic mass is 10.0. The molecule has 0 bridgehead atoms. The second-order valence-electron chi connectivity index (χ2n) is 8.53. The number of aliphatic carboxylic acids is 1. The van der Waals surface area contributed by atoms with Crippen LogP contribution >= 0.6 is 0 Å². The Morgan fingerprint density at radius 1 is 0.789 bits per heavy atom. The first-order chi connectivity index (χ1) is 18.3. The number of H-pyrrole nitrogens is 1. The predicted octanol–water partition coefficient (Wildman–Crippen LogP) is -0.802. The second kappa shape index (κ2) is 13.6. The molecule has 0 saturated carbocycles. The number of fused-ring (bicyclic) bond motifs is 1. The number of amides is 4. The maximum absolute atomic E-state index is 13.4. The van der Waals surface area contributed by atoms with E-state index in [-0.39, 0.29) is 25.9 Å². The number of hydrogen-bond acceptors (Lipinski definition) is 6. The fourth-order valence-electron chi connectivity index (χ4n) is 3.84. The Morgan fingerprint density at radius 3 is 2.18 bits per heavy atom. The molecule has 0 unspecified atom stereocenters. The Morgan fingerprint density at radius 2 is 1.47 bits per heavy atom. The molecule has 0 aliphatic carbocycles. The third-order valence-corrected chi connectivity index (χ3v) is 5.71. The lowest BCUT2D eigenvalue weighted by Crippen LogP contribution is -2.56. The zero-order valence-corrected chi connectivity index (χ0v) is 20.5. The molecule has 0 radical (unpaired) electrons. The molecule has 0 spiro atoms. The molecule has 8 N–H and O–H groups in total. The highest BCUT2D eigenvalue weighted by Crippen LogP contribution is 2.19. The van der Waals surface area contributed by atoms with Gasteiger partial charge in [-0.25, -0.2) is 0 Å². The Bertz CT molecular complexity index is 1290. The van der Waals surface area contributed by atoms with E-state index in [1.165, 1.54) is 0 Å². The van der Waals surface area contributed by atoms with Crippen LogP contribution in [-0.4, -0.2) is 71.4 Å². The molecule has 12 nitrogen and oxygen atoms in total. The zero-order valence-electron chi connectivity index (χ0n) is 20.5. The van der Waals surface area contributed by atoms with E-state index in [2.05, 4.69) is 26.3 Å². The van der Waals surface area contributed by atoms with E-state index in [1.54, 1.807) is 36.5 Å². The number of aromatic nitrogens is 1. The fourth-order valence-corrected chi connectivity index (χ4v) is 3.84. The van der Waals surface area contributed by atoms with Gasteiger partial charge in [0.25, 0.3) is 0 Å². The largest absolute Gasteiger partial charge is 0.480 e. The Balaban J connectivity index is 1.82. The first kappa shape index (κ1) is 27.9. The van der Waals surface area contributed by atoms with Gasteiger partial charge in [-0.3, -0.25) is 24.0 Å². The second-order valence-corrected chi connectivity index (χ2v) is 8.53. The Hall–Kier alpha value is -4.71. The minimum absolute atomic E-state index is 0.0845. The molecule has 0 saturated heterocycles. The van der Waals surface area contributed by atoms with Crippen LogP contribution in [0.2, 0.25) is 0 Å². The van der Waals surface area contributed by atoms with E-state index in [0.29, 0.717) is 0 Å². The molecule has 4 amide bonds. The van der Waals surface area contributed by atoms with Crippen LogP contribution in [0.5, 0.6) is 0 Å². The fraction of sp³-hybridized carbons (Fsp3) is 0.269. The maximum atomic E-state index is 13.4. The summed E-state index contributed by atoms with van der Waals surface area (Å²) in [6.07, 6.45) is 1.91. The quantitative estimate of drug-likeness (QED) is 0.152. The van der Waals surface area contributed by atoms with Gasteiger partial charge in [0.2, 0.25) is 23.6 Å². The topological polar surface area (TPSA) is 196 Å². The van der Waals surface area contributed by atoms with Crippen LogP contribution in [0.1, 0.15) is 11.1 Å². The van der Waals surface area contributed by atoms with Gasteiger partial charge in [-0.2, -0.15) is 0 Å². The number of para-hydroxylation sites is 1. The number of aromatic amines is 1. The summed E-state index contributed by atoms with van der Waals surface area (Å²) < 4.78 is 0. The number of rotatable bonds is 13. The average Bonchev–Trinajstić information content (AvgIpc) is 3.32. The third kappa shape index (κ3) is 8.17. The van der Waals surface area contributed by atoms with Gasteiger partial charge in [0, 0.05) is 29.9 Å². The molecule has 38 heavy (non-hydrogen) atoms. The van der Waals surface area contributed by atoms with Crippen molar-refractivity contribution >= 4 is 40.5 Å². The van der Waals surface area contributed by atoms with Crippen molar-refractivity contribution in [2.24, 2.45) is 5.73 Å². The third-order valence-electron chi connectivity index (χ3n) is 5.71. The molecule has 2 atom stereocenters. The highest BCUT2D eigenvalue weighted by Gasteiger charge is 2.28. The van der Waals surface area contributed by atoms with Crippen molar-refractivity contribution in [3.63, 3.8) is 0 Å². The molecule has 3 aromatic rings. The lowest BCUT2D eigenvalue weighted by molar-refractivity contribution is -0.138. The summed E-state index contributed by atoms with van der Waals surface area (Å²) in [6, 6.07) is 14.1. The van der Waals surface area contributed by atoms with Crippen molar-refractivity contribution in [2.45, 2.75) is 24.9 Å². The number of hydrogen-bond donors (Lipinski definition) is 7. The number of nitrogens with two attached hydrogens (primary N) is 1. The number of benzene rings is 2. The molecule has 2 aromatic carbocycles. The van der Waals surface area contributed by atoms with E-state index in [0.717, 1.165) is 22.0 Å². The van der Waals surface area contributed by atoms with Crippen LogP contribution in [0.15, 0.2) is 60.8 Å². The molecule has 12 heteroatoms.